The fraction of sp³-hybridized carbons (Fsp3) is 0.481. The van der Waals surface area contributed by atoms with E-state index in [9.17, 15) is 13.2 Å². The van der Waals surface area contributed by atoms with E-state index in [4.69, 9.17) is 0 Å². The summed E-state index contributed by atoms with van der Waals surface area (Å²) in [6, 6.07) is 0. The molecule has 0 amide bonds. The molecule has 1 nitrogen and oxygen atoms in total. The van der Waals surface area contributed by atoms with E-state index in [2.05, 4.69) is 59.7 Å². The van der Waals surface area contributed by atoms with Crippen molar-refractivity contribution in [1.29, 1.82) is 0 Å². The van der Waals surface area contributed by atoms with Gasteiger partial charge in [0.15, 0.2) is 0 Å². The van der Waals surface area contributed by atoms with Gasteiger partial charge in [-0.3, -0.25) is 0 Å². The molecule has 0 bridgehead atoms. The van der Waals surface area contributed by atoms with Crippen molar-refractivity contribution >= 4 is 0 Å². The third-order valence-electron chi connectivity index (χ3n) is 6.02. The first kappa shape index (κ1) is 28.8. The van der Waals surface area contributed by atoms with E-state index in [1.807, 2.05) is 13.0 Å². The average molecular weight is 436 g/mol. The molecule has 174 valence electrons. The van der Waals surface area contributed by atoms with Crippen LogP contribution in [0.2, 0.25) is 0 Å². The summed E-state index contributed by atoms with van der Waals surface area (Å²) < 4.78 is 41.2. The number of nitrogens with one attached hydrogen (secondary N) is 1. The second-order valence-corrected chi connectivity index (χ2v) is 9.24. The minimum atomic E-state index is -0.693. The predicted molar refractivity (Wildman–Crippen MR) is 129 cm³/mol. The molecule has 0 radical (unpaired) electrons. The van der Waals surface area contributed by atoms with Crippen molar-refractivity contribution in [2.24, 2.45) is 23.2 Å². The Morgan fingerprint density at radius 2 is 1.58 bits per heavy atom. The van der Waals surface area contributed by atoms with Crippen LogP contribution in [0.1, 0.15) is 61.8 Å². The number of hydrogen-bond donors (Lipinski definition) is 1. The van der Waals surface area contributed by atoms with Crippen molar-refractivity contribution in [3.05, 3.63) is 84.1 Å². The minimum Gasteiger partial charge on any atom is -0.359 e. The van der Waals surface area contributed by atoms with Crippen LogP contribution in [0.4, 0.5) is 13.2 Å². The van der Waals surface area contributed by atoms with Crippen LogP contribution >= 0.6 is 0 Å². The van der Waals surface area contributed by atoms with Crippen molar-refractivity contribution in [3.63, 3.8) is 0 Å². The molecule has 3 unspecified atom stereocenters. The second kappa shape index (κ2) is 12.6. The fourth-order valence-electron chi connectivity index (χ4n) is 3.57. The van der Waals surface area contributed by atoms with Crippen molar-refractivity contribution in [2.45, 2.75) is 61.8 Å². The van der Waals surface area contributed by atoms with Gasteiger partial charge in [0, 0.05) is 17.3 Å². The molecule has 1 N–H and O–H groups in total. The van der Waals surface area contributed by atoms with E-state index < -0.39 is 11.7 Å². The lowest BCUT2D eigenvalue weighted by molar-refractivity contribution is 0.149. The fourth-order valence-corrected chi connectivity index (χ4v) is 3.57. The molecular weight excluding hydrogens is 395 g/mol. The highest BCUT2D eigenvalue weighted by Gasteiger charge is 2.33. The quantitative estimate of drug-likeness (QED) is 0.319. The zero-order chi connectivity index (χ0) is 24.5. The van der Waals surface area contributed by atoms with Gasteiger partial charge in [-0.25, -0.2) is 13.2 Å². The van der Waals surface area contributed by atoms with Gasteiger partial charge < -0.3 is 5.32 Å². The summed E-state index contributed by atoms with van der Waals surface area (Å²) in [4.78, 5) is 0. The molecule has 0 rings (SSSR count). The maximum absolute atomic E-state index is 14.2. The van der Waals surface area contributed by atoms with Gasteiger partial charge >= 0.3 is 0 Å². The monoisotopic (exact) mass is 435 g/mol. The van der Waals surface area contributed by atoms with Crippen LogP contribution in [0.15, 0.2) is 84.1 Å². The Balaban J connectivity index is 6.25. The Bertz CT molecular complexity index is 784. The van der Waals surface area contributed by atoms with Crippen LogP contribution < -0.4 is 5.32 Å². The van der Waals surface area contributed by atoms with E-state index >= 15 is 0 Å². The van der Waals surface area contributed by atoms with Gasteiger partial charge in [-0.15, -0.1) is 0 Å². The summed E-state index contributed by atoms with van der Waals surface area (Å²) in [7, 11) is 0. The average Bonchev–Trinajstić information content (AvgIpc) is 2.64. The molecule has 4 heteroatoms. The summed E-state index contributed by atoms with van der Waals surface area (Å²) in [5, 5.41) is 3.07. The summed E-state index contributed by atoms with van der Waals surface area (Å²) >= 11 is 0. The standard InChI is InChI=1S/C27H40F3N/c1-12-23(20(6)26(30)13-2)16-25(19(5)21(7)27(9,10)11)22(8)31-24(14-17(3)28)15-18(4)29/h12-15,19,21,25,31H,2-3,8,16H2,1,4-7,9-11H3/b18-15+,23-12-,24-14+,26-20+. The summed E-state index contributed by atoms with van der Waals surface area (Å²) in [5.41, 5.74) is 2.24. The highest BCUT2D eigenvalue weighted by Crippen LogP contribution is 2.40. The normalized spacial score (nSPS) is 17.5. The maximum atomic E-state index is 14.2. The van der Waals surface area contributed by atoms with Crippen LogP contribution in [-0.4, -0.2) is 0 Å². The predicted octanol–water partition coefficient (Wildman–Crippen LogP) is 9.03. The SMILES string of the molecule is C=C/C(F)=C(C)\C(=C/C)CC(C(=C)NC(/C=C(\C)F)=C/C(=C)F)C(C)C(C)C(C)(C)C. The Kier molecular flexibility index (Phi) is 11.7. The molecule has 0 aromatic carbocycles. The number of hydrogen-bond acceptors (Lipinski definition) is 1. The van der Waals surface area contributed by atoms with Gasteiger partial charge in [-0.2, -0.15) is 0 Å². The van der Waals surface area contributed by atoms with Crippen molar-refractivity contribution in [3.8, 4) is 0 Å². The van der Waals surface area contributed by atoms with Crippen LogP contribution in [0.3, 0.4) is 0 Å². The smallest absolute Gasteiger partial charge is 0.125 e. The first-order chi connectivity index (χ1) is 14.1. The molecule has 0 heterocycles. The number of rotatable bonds is 11. The van der Waals surface area contributed by atoms with Crippen LogP contribution in [-0.2, 0) is 0 Å². The Labute approximate surface area is 187 Å². The molecule has 0 fully saturated rings. The zero-order valence-corrected chi connectivity index (χ0v) is 20.5. The van der Waals surface area contributed by atoms with E-state index in [1.165, 1.54) is 19.1 Å². The Morgan fingerprint density at radius 3 is 1.97 bits per heavy atom. The van der Waals surface area contributed by atoms with Gasteiger partial charge in [-0.1, -0.05) is 60.4 Å². The first-order valence-electron chi connectivity index (χ1n) is 10.7. The maximum Gasteiger partial charge on any atom is 0.125 e. The van der Waals surface area contributed by atoms with E-state index in [0.29, 0.717) is 23.6 Å². The largest absolute Gasteiger partial charge is 0.359 e. The van der Waals surface area contributed by atoms with Gasteiger partial charge in [-0.05, 0) is 73.8 Å². The zero-order valence-electron chi connectivity index (χ0n) is 20.5. The van der Waals surface area contributed by atoms with Crippen molar-refractivity contribution < 1.29 is 13.2 Å². The van der Waals surface area contributed by atoms with Gasteiger partial charge in [0.2, 0.25) is 0 Å². The highest BCUT2D eigenvalue weighted by atomic mass is 19.1. The molecule has 0 aromatic heterocycles. The van der Waals surface area contributed by atoms with Gasteiger partial charge in [0.25, 0.3) is 0 Å². The topological polar surface area (TPSA) is 12.0 Å². The molecule has 0 aromatic rings. The van der Waals surface area contributed by atoms with Crippen molar-refractivity contribution in [2.75, 3.05) is 0 Å². The van der Waals surface area contributed by atoms with Crippen molar-refractivity contribution in [1.82, 2.24) is 5.32 Å². The van der Waals surface area contributed by atoms with E-state index in [1.54, 1.807) is 6.92 Å². The molecule has 3 atom stereocenters. The molecule has 0 aliphatic carbocycles. The van der Waals surface area contributed by atoms with Crippen LogP contribution in [0.25, 0.3) is 0 Å². The molecule has 31 heavy (non-hydrogen) atoms. The molecule has 0 saturated carbocycles. The molecule has 0 aliphatic rings. The lowest BCUT2D eigenvalue weighted by atomic mass is 9.68. The summed E-state index contributed by atoms with van der Waals surface area (Å²) in [5.74, 6) is -1.20. The third-order valence-corrected chi connectivity index (χ3v) is 6.02. The lowest BCUT2D eigenvalue weighted by Crippen LogP contribution is -2.33. The Hall–Kier alpha value is -2.23. The second-order valence-electron chi connectivity index (χ2n) is 9.24. The van der Waals surface area contributed by atoms with E-state index in [-0.39, 0.29) is 28.8 Å². The summed E-state index contributed by atoms with van der Waals surface area (Å²) in [6.07, 6.45) is 5.94. The van der Waals surface area contributed by atoms with E-state index in [0.717, 1.165) is 11.6 Å². The Morgan fingerprint density at radius 1 is 1.03 bits per heavy atom. The number of halogens is 3. The van der Waals surface area contributed by atoms with Crippen LogP contribution in [0.5, 0.6) is 0 Å². The molecule has 0 spiro atoms. The van der Waals surface area contributed by atoms with Crippen LogP contribution in [0, 0.1) is 23.2 Å². The van der Waals surface area contributed by atoms with Gasteiger partial charge in [0.05, 0.1) is 5.83 Å². The third kappa shape index (κ3) is 9.63. The molecular formula is C27H40F3N. The van der Waals surface area contributed by atoms with Gasteiger partial charge in [0.1, 0.15) is 11.7 Å². The minimum absolute atomic E-state index is 0.0343. The molecule has 0 aliphatic heterocycles. The summed E-state index contributed by atoms with van der Waals surface area (Å²) in [6.45, 7) is 26.7. The number of allylic oxidation sites excluding steroid dienone is 10. The lowest BCUT2D eigenvalue weighted by Gasteiger charge is -2.38. The highest BCUT2D eigenvalue weighted by molar-refractivity contribution is 5.36. The molecule has 0 saturated heterocycles. The first-order valence-corrected chi connectivity index (χ1v) is 10.7.